The Hall–Kier alpha value is -2.20. The second kappa shape index (κ2) is 7.00. The van der Waals surface area contributed by atoms with Gasteiger partial charge < -0.3 is 0 Å². The molecule has 8 heteroatoms. The zero-order valence-electron chi connectivity index (χ0n) is 15.1. The monoisotopic (exact) mass is 507 g/mol. The van der Waals surface area contributed by atoms with Crippen LogP contribution >= 0.6 is 22.9 Å². The molecule has 0 saturated heterocycles. The van der Waals surface area contributed by atoms with Crippen molar-refractivity contribution in [3.05, 3.63) is 71.8 Å². The summed E-state index contributed by atoms with van der Waals surface area (Å²) in [6.45, 7) is 1.89. The molecule has 2 aromatic carbocycles. The number of carbonyl (C=O) groups is 1. The van der Waals surface area contributed by atoms with Crippen LogP contribution in [-0.4, -0.2) is 20.0 Å². The first-order valence-corrected chi connectivity index (χ1v) is 11.2. The van der Waals surface area contributed by atoms with Crippen molar-refractivity contribution in [3.63, 3.8) is 0 Å². The molecule has 0 aromatic heterocycles. The SMILES string of the molecule is Cc1ccc(S(=O)(=O)N/N=C2\C=CC3(CC2)C(=O)N(I)c2ccccc23)cc1. The minimum Gasteiger partial charge on any atom is -0.272 e. The lowest BCUT2D eigenvalue weighted by Gasteiger charge is -2.27. The number of halogens is 1. The van der Waals surface area contributed by atoms with E-state index in [2.05, 4.69) is 9.93 Å². The number of fused-ring (bicyclic) bond motifs is 2. The van der Waals surface area contributed by atoms with Gasteiger partial charge in [-0.15, -0.1) is 0 Å². The van der Waals surface area contributed by atoms with Crippen LogP contribution in [0.25, 0.3) is 0 Å². The van der Waals surface area contributed by atoms with Gasteiger partial charge >= 0.3 is 0 Å². The fourth-order valence-electron chi connectivity index (χ4n) is 3.54. The molecule has 2 aromatic rings. The zero-order valence-corrected chi connectivity index (χ0v) is 18.1. The fraction of sp³-hybridized carbons (Fsp3) is 0.200. The number of benzene rings is 2. The number of nitrogens with zero attached hydrogens (tertiary/aromatic N) is 2. The van der Waals surface area contributed by atoms with E-state index in [1.54, 1.807) is 33.5 Å². The van der Waals surface area contributed by atoms with Crippen LogP contribution in [0, 0.1) is 6.92 Å². The van der Waals surface area contributed by atoms with E-state index in [9.17, 15) is 13.2 Å². The molecule has 144 valence electrons. The van der Waals surface area contributed by atoms with Crippen molar-refractivity contribution in [2.75, 3.05) is 3.11 Å². The summed E-state index contributed by atoms with van der Waals surface area (Å²) in [5.74, 6) is 0.0184. The number of hydrazone groups is 1. The van der Waals surface area contributed by atoms with Gasteiger partial charge in [-0.25, -0.2) is 0 Å². The van der Waals surface area contributed by atoms with E-state index in [-0.39, 0.29) is 10.8 Å². The van der Waals surface area contributed by atoms with Crippen molar-refractivity contribution in [2.24, 2.45) is 5.10 Å². The molecular weight excluding hydrogens is 489 g/mol. The number of para-hydroxylation sites is 1. The fourth-order valence-corrected chi connectivity index (χ4v) is 5.23. The number of nitrogens with one attached hydrogen (secondary N) is 1. The lowest BCUT2D eigenvalue weighted by molar-refractivity contribution is -0.120. The molecule has 4 rings (SSSR count). The van der Waals surface area contributed by atoms with E-state index in [1.807, 2.05) is 60.1 Å². The van der Waals surface area contributed by atoms with Crippen LogP contribution in [0.5, 0.6) is 0 Å². The van der Waals surface area contributed by atoms with Crippen LogP contribution in [-0.2, 0) is 20.2 Å². The predicted octanol–water partition coefficient (Wildman–Crippen LogP) is 3.61. The summed E-state index contributed by atoms with van der Waals surface area (Å²) in [5.41, 5.74) is 2.75. The number of aryl methyl sites for hydroxylation is 1. The highest BCUT2D eigenvalue weighted by atomic mass is 127. The standard InChI is InChI=1S/C20H18IN3O3S/c1-14-6-8-16(9-7-14)28(26,27)23-22-15-10-12-20(13-11-15)17-4-2-3-5-18(17)24(21)19(20)25/h2-10,12,23H,11,13H2,1H3/b22-15+. The molecule has 1 amide bonds. The molecule has 28 heavy (non-hydrogen) atoms. The Labute approximate surface area is 177 Å². The largest absolute Gasteiger partial charge is 0.276 e. The van der Waals surface area contributed by atoms with Crippen LogP contribution in [0.4, 0.5) is 5.69 Å². The Morgan fingerprint density at radius 2 is 1.86 bits per heavy atom. The van der Waals surface area contributed by atoms with Crippen LogP contribution in [0.2, 0.25) is 0 Å². The third-order valence-corrected chi connectivity index (χ3v) is 7.31. The maximum absolute atomic E-state index is 12.9. The third-order valence-electron chi connectivity index (χ3n) is 5.13. The molecule has 0 saturated carbocycles. The summed E-state index contributed by atoms with van der Waals surface area (Å²) < 4.78 is 26.4. The van der Waals surface area contributed by atoms with Gasteiger partial charge in [0.2, 0.25) is 5.91 Å². The molecule has 1 heterocycles. The first-order valence-electron chi connectivity index (χ1n) is 8.78. The summed E-state index contributed by atoms with van der Waals surface area (Å²) in [6, 6.07) is 14.3. The summed E-state index contributed by atoms with van der Waals surface area (Å²) in [5, 5.41) is 4.07. The van der Waals surface area contributed by atoms with Gasteiger partial charge in [-0.2, -0.15) is 18.4 Å². The number of hydrogen-bond acceptors (Lipinski definition) is 4. The van der Waals surface area contributed by atoms with Crippen molar-refractivity contribution >= 4 is 50.2 Å². The highest BCUT2D eigenvalue weighted by Crippen LogP contribution is 2.48. The number of hydrogen-bond donors (Lipinski definition) is 1. The van der Waals surface area contributed by atoms with Crippen molar-refractivity contribution in [2.45, 2.75) is 30.1 Å². The second-order valence-corrected chi connectivity index (χ2v) is 9.54. The summed E-state index contributed by atoms with van der Waals surface area (Å²) in [6.07, 6.45) is 4.63. The lowest BCUT2D eigenvalue weighted by Crippen LogP contribution is -2.37. The van der Waals surface area contributed by atoms with Gasteiger partial charge in [-0.3, -0.25) is 7.91 Å². The molecule has 0 fully saturated rings. The van der Waals surface area contributed by atoms with E-state index < -0.39 is 15.4 Å². The first-order chi connectivity index (χ1) is 13.3. The van der Waals surface area contributed by atoms with Crippen LogP contribution in [0.1, 0.15) is 24.0 Å². The summed E-state index contributed by atoms with van der Waals surface area (Å²) >= 11 is 2.03. The molecule has 1 aliphatic carbocycles. The molecule has 0 bridgehead atoms. The minimum atomic E-state index is -3.72. The summed E-state index contributed by atoms with van der Waals surface area (Å²) in [7, 11) is -3.72. The first kappa shape index (κ1) is 19.1. The van der Waals surface area contributed by atoms with Gasteiger partial charge in [0.1, 0.15) is 0 Å². The third kappa shape index (κ3) is 3.14. The van der Waals surface area contributed by atoms with E-state index in [4.69, 9.17) is 0 Å². The number of anilines is 1. The Morgan fingerprint density at radius 1 is 1.14 bits per heavy atom. The Balaban J connectivity index is 1.58. The molecular formula is C20H18IN3O3S. The van der Waals surface area contributed by atoms with Crippen LogP contribution in [0.15, 0.2) is 70.7 Å². The van der Waals surface area contributed by atoms with E-state index >= 15 is 0 Å². The number of sulfonamides is 1. The Kier molecular flexibility index (Phi) is 4.78. The van der Waals surface area contributed by atoms with E-state index in [0.29, 0.717) is 18.6 Å². The molecule has 1 N–H and O–H groups in total. The van der Waals surface area contributed by atoms with Crippen molar-refractivity contribution in [1.29, 1.82) is 0 Å². The lowest BCUT2D eigenvalue weighted by atomic mass is 9.74. The van der Waals surface area contributed by atoms with Crippen molar-refractivity contribution in [1.82, 2.24) is 4.83 Å². The van der Waals surface area contributed by atoms with Crippen LogP contribution < -0.4 is 7.94 Å². The highest BCUT2D eigenvalue weighted by molar-refractivity contribution is 14.1. The Morgan fingerprint density at radius 3 is 2.54 bits per heavy atom. The molecule has 6 nitrogen and oxygen atoms in total. The van der Waals surface area contributed by atoms with Crippen LogP contribution in [0.3, 0.4) is 0 Å². The van der Waals surface area contributed by atoms with Gasteiger partial charge in [0.25, 0.3) is 10.0 Å². The number of rotatable bonds is 3. The number of carbonyl (C=O) groups excluding carboxylic acids is 1. The maximum Gasteiger partial charge on any atom is 0.276 e. The van der Waals surface area contributed by atoms with Gasteiger partial charge in [-0.1, -0.05) is 42.0 Å². The second-order valence-electron chi connectivity index (χ2n) is 6.92. The van der Waals surface area contributed by atoms with Gasteiger partial charge in [-0.05, 0) is 49.6 Å². The van der Waals surface area contributed by atoms with Crippen molar-refractivity contribution < 1.29 is 13.2 Å². The molecule has 0 radical (unpaired) electrons. The predicted molar refractivity (Wildman–Crippen MR) is 117 cm³/mol. The molecule has 1 aliphatic heterocycles. The van der Waals surface area contributed by atoms with Gasteiger partial charge in [0.05, 0.1) is 44.6 Å². The summed E-state index contributed by atoms with van der Waals surface area (Å²) in [4.78, 5) is 15.4. The van der Waals surface area contributed by atoms with Crippen molar-refractivity contribution in [3.8, 4) is 0 Å². The highest BCUT2D eigenvalue weighted by Gasteiger charge is 2.49. The van der Waals surface area contributed by atoms with E-state index in [1.165, 1.54) is 0 Å². The number of amides is 1. The normalized spacial score (nSPS) is 22.7. The zero-order chi connectivity index (χ0) is 19.9. The maximum atomic E-state index is 12.9. The number of allylic oxidation sites excluding steroid dienone is 1. The minimum absolute atomic E-state index is 0.0184. The van der Waals surface area contributed by atoms with E-state index in [0.717, 1.165) is 16.8 Å². The van der Waals surface area contributed by atoms with Gasteiger partial charge in [0.15, 0.2) is 0 Å². The topological polar surface area (TPSA) is 78.8 Å². The average molecular weight is 507 g/mol. The average Bonchev–Trinajstić information content (AvgIpc) is 2.91. The molecule has 2 aliphatic rings. The molecule has 1 unspecified atom stereocenters. The quantitative estimate of drug-likeness (QED) is 0.392. The Bertz CT molecular complexity index is 1110. The smallest absolute Gasteiger partial charge is 0.272 e. The molecule has 1 atom stereocenters. The molecule has 1 spiro atoms. The van der Waals surface area contributed by atoms with Gasteiger partial charge in [0, 0.05) is 0 Å².